The Labute approximate surface area is 132 Å². The Kier molecular flexibility index (Phi) is 3.73. The van der Waals surface area contributed by atoms with Crippen molar-refractivity contribution in [2.45, 2.75) is 0 Å². The van der Waals surface area contributed by atoms with Crippen LogP contribution in [-0.2, 0) is 4.79 Å². The predicted octanol–water partition coefficient (Wildman–Crippen LogP) is 2.95. The second kappa shape index (κ2) is 5.69. The Hall–Kier alpha value is -2.53. The monoisotopic (exact) mass is 316 g/mol. The SMILES string of the molecule is CN1C(=O)COc2ccc(C(=O)Nc3ccc(Cl)cc3)cc21. The average Bonchev–Trinajstić information content (AvgIpc) is 2.53. The zero-order valence-corrected chi connectivity index (χ0v) is 12.6. The normalized spacial score (nSPS) is 13.4. The van der Waals surface area contributed by atoms with Crippen LogP contribution in [0.2, 0.25) is 5.02 Å². The van der Waals surface area contributed by atoms with Crippen molar-refractivity contribution in [3.8, 4) is 5.75 Å². The first kappa shape index (κ1) is 14.4. The van der Waals surface area contributed by atoms with Crippen LogP contribution in [-0.4, -0.2) is 25.5 Å². The number of carbonyl (C=O) groups is 2. The number of hydrogen-bond donors (Lipinski definition) is 1. The lowest BCUT2D eigenvalue weighted by Crippen LogP contribution is -2.35. The number of benzene rings is 2. The molecule has 112 valence electrons. The number of fused-ring (bicyclic) bond motifs is 1. The van der Waals surface area contributed by atoms with Crippen molar-refractivity contribution >= 4 is 34.8 Å². The molecule has 6 heteroatoms. The zero-order valence-electron chi connectivity index (χ0n) is 11.8. The van der Waals surface area contributed by atoms with Gasteiger partial charge in [-0.3, -0.25) is 9.59 Å². The van der Waals surface area contributed by atoms with Crippen molar-refractivity contribution in [1.29, 1.82) is 0 Å². The number of anilines is 2. The van der Waals surface area contributed by atoms with Gasteiger partial charge in [-0.25, -0.2) is 0 Å². The molecule has 1 aliphatic rings. The Bertz CT molecular complexity index is 744. The first-order chi connectivity index (χ1) is 10.5. The quantitative estimate of drug-likeness (QED) is 0.926. The molecule has 0 aliphatic carbocycles. The Morgan fingerprint density at radius 1 is 1.23 bits per heavy atom. The third-order valence-corrected chi connectivity index (χ3v) is 3.66. The van der Waals surface area contributed by atoms with Gasteiger partial charge in [0.05, 0.1) is 5.69 Å². The molecule has 0 radical (unpaired) electrons. The van der Waals surface area contributed by atoms with Crippen LogP contribution in [0.1, 0.15) is 10.4 Å². The summed E-state index contributed by atoms with van der Waals surface area (Å²) in [5.41, 5.74) is 1.67. The molecule has 5 nitrogen and oxygen atoms in total. The molecule has 22 heavy (non-hydrogen) atoms. The van der Waals surface area contributed by atoms with Gasteiger partial charge in [-0.2, -0.15) is 0 Å². The number of rotatable bonds is 2. The number of hydrogen-bond acceptors (Lipinski definition) is 3. The van der Waals surface area contributed by atoms with Crippen molar-refractivity contribution in [2.75, 3.05) is 23.9 Å². The average molecular weight is 317 g/mol. The van der Waals surface area contributed by atoms with Crippen molar-refractivity contribution in [2.24, 2.45) is 0 Å². The summed E-state index contributed by atoms with van der Waals surface area (Å²) in [5.74, 6) is 0.171. The van der Waals surface area contributed by atoms with Crippen LogP contribution in [0.3, 0.4) is 0 Å². The largest absolute Gasteiger partial charge is 0.482 e. The summed E-state index contributed by atoms with van der Waals surface area (Å²) in [6, 6.07) is 11.8. The van der Waals surface area contributed by atoms with Gasteiger partial charge in [0, 0.05) is 23.3 Å². The maximum Gasteiger partial charge on any atom is 0.264 e. The van der Waals surface area contributed by atoms with E-state index in [2.05, 4.69) is 5.32 Å². The third kappa shape index (κ3) is 2.76. The van der Waals surface area contributed by atoms with E-state index in [0.717, 1.165) is 0 Å². The summed E-state index contributed by atoms with van der Waals surface area (Å²) in [6.45, 7) is 0.0137. The topological polar surface area (TPSA) is 58.6 Å². The minimum atomic E-state index is -0.267. The summed E-state index contributed by atoms with van der Waals surface area (Å²) in [7, 11) is 1.66. The second-order valence-corrected chi connectivity index (χ2v) is 5.32. The molecular weight excluding hydrogens is 304 g/mol. The lowest BCUT2D eigenvalue weighted by Gasteiger charge is -2.26. The summed E-state index contributed by atoms with van der Waals surface area (Å²) in [6.07, 6.45) is 0. The van der Waals surface area contributed by atoms with Gasteiger partial charge in [0.1, 0.15) is 5.75 Å². The van der Waals surface area contributed by atoms with Gasteiger partial charge >= 0.3 is 0 Å². The van der Waals surface area contributed by atoms with Gasteiger partial charge in [0.15, 0.2) is 6.61 Å². The Morgan fingerprint density at radius 2 is 1.95 bits per heavy atom. The molecule has 0 unspecified atom stereocenters. The molecule has 1 N–H and O–H groups in total. The molecule has 0 spiro atoms. The molecule has 0 saturated carbocycles. The molecule has 1 heterocycles. The third-order valence-electron chi connectivity index (χ3n) is 3.41. The highest BCUT2D eigenvalue weighted by Crippen LogP contribution is 2.32. The smallest absolute Gasteiger partial charge is 0.264 e. The fourth-order valence-corrected chi connectivity index (χ4v) is 2.28. The van der Waals surface area contributed by atoms with E-state index in [1.54, 1.807) is 49.5 Å². The van der Waals surface area contributed by atoms with Crippen LogP contribution in [0.5, 0.6) is 5.75 Å². The fourth-order valence-electron chi connectivity index (χ4n) is 2.15. The van der Waals surface area contributed by atoms with E-state index in [1.165, 1.54) is 4.90 Å². The van der Waals surface area contributed by atoms with Crippen LogP contribution < -0.4 is 15.0 Å². The molecule has 0 fully saturated rings. The van der Waals surface area contributed by atoms with Gasteiger partial charge in [0.25, 0.3) is 11.8 Å². The lowest BCUT2D eigenvalue weighted by molar-refractivity contribution is -0.120. The van der Waals surface area contributed by atoms with Crippen molar-refractivity contribution in [1.82, 2.24) is 0 Å². The Morgan fingerprint density at radius 3 is 2.68 bits per heavy atom. The number of nitrogens with zero attached hydrogens (tertiary/aromatic N) is 1. The maximum atomic E-state index is 12.3. The van der Waals surface area contributed by atoms with E-state index in [0.29, 0.717) is 27.7 Å². The standard InChI is InChI=1S/C16H13ClN2O3/c1-19-13-8-10(2-7-14(13)22-9-15(19)20)16(21)18-12-5-3-11(17)4-6-12/h2-8H,9H2,1H3,(H,18,21). The minimum Gasteiger partial charge on any atom is -0.482 e. The predicted molar refractivity (Wildman–Crippen MR) is 84.8 cm³/mol. The molecular formula is C16H13ClN2O3. The maximum absolute atomic E-state index is 12.3. The summed E-state index contributed by atoms with van der Waals surface area (Å²) >= 11 is 5.81. The molecule has 0 atom stereocenters. The lowest BCUT2D eigenvalue weighted by atomic mass is 10.1. The molecule has 2 aromatic carbocycles. The fraction of sp³-hybridized carbons (Fsp3) is 0.125. The number of likely N-dealkylation sites (N-methyl/N-ethyl adjacent to an activating group) is 1. The van der Waals surface area contributed by atoms with Crippen LogP contribution in [0.25, 0.3) is 0 Å². The summed E-state index contributed by atoms with van der Waals surface area (Å²) in [5, 5.41) is 3.38. The molecule has 2 aromatic rings. The van der Waals surface area contributed by atoms with Crippen LogP contribution in [0.15, 0.2) is 42.5 Å². The molecule has 3 rings (SSSR count). The van der Waals surface area contributed by atoms with E-state index in [9.17, 15) is 9.59 Å². The van der Waals surface area contributed by atoms with Gasteiger partial charge < -0.3 is 15.0 Å². The molecule has 0 bridgehead atoms. The van der Waals surface area contributed by atoms with Gasteiger partial charge in [-0.05, 0) is 42.5 Å². The molecule has 1 aliphatic heterocycles. The first-order valence-corrected chi connectivity index (χ1v) is 7.03. The van der Waals surface area contributed by atoms with E-state index < -0.39 is 0 Å². The number of carbonyl (C=O) groups excluding carboxylic acids is 2. The Balaban J connectivity index is 1.84. The van der Waals surface area contributed by atoms with Gasteiger partial charge in [-0.15, -0.1) is 0 Å². The second-order valence-electron chi connectivity index (χ2n) is 4.88. The molecule has 2 amide bonds. The molecule has 0 aromatic heterocycles. The number of ether oxygens (including phenoxy) is 1. The van der Waals surface area contributed by atoms with Crippen molar-refractivity contribution < 1.29 is 14.3 Å². The zero-order chi connectivity index (χ0) is 15.7. The van der Waals surface area contributed by atoms with E-state index in [1.807, 2.05) is 0 Å². The van der Waals surface area contributed by atoms with Crippen LogP contribution >= 0.6 is 11.6 Å². The van der Waals surface area contributed by atoms with E-state index in [4.69, 9.17) is 16.3 Å². The number of halogens is 1. The van der Waals surface area contributed by atoms with Gasteiger partial charge in [0.2, 0.25) is 0 Å². The highest BCUT2D eigenvalue weighted by atomic mass is 35.5. The van der Waals surface area contributed by atoms with Crippen LogP contribution in [0.4, 0.5) is 11.4 Å². The highest BCUT2D eigenvalue weighted by molar-refractivity contribution is 6.30. The number of nitrogens with one attached hydrogen (secondary N) is 1. The van der Waals surface area contributed by atoms with Crippen molar-refractivity contribution in [3.05, 3.63) is 53.1 Å². The summed E-state index contributed by atoms with van der Waals surface area (Å²) < 4.78 is 5.33. The number of amides is 2. The van der Waals surface area contributed by atoms with Crippen molar-refractivity contribution in [3.63, 3.8) is 0 Å². The van der Waals surface area contributed by atoms with Gasteiger partial charge in [-0.1, -0.05) is 11.6 Å². The van der Waals surface area contributed by atoms with E-state index >= 15 is 0 Å². The molecule has 0 saturated heterocycles. The first-order valence-electron chi connectivity index (χ1n) is 6.65. The summed E-state index contributed by atoms with van der Waals surface area (Å²) in [4.78, 5) is 25.4. The highest BCUT2D eigenvalue weighted by Gasteiger charge is 2.23. The van der Waals surface area contributed by atoms with Crippen LogP contribution in [0, 0.1) is 0 Å². The minimum absolute atomic E-state index is 0.0137. The van der Waals surface area contributed by atoms with E-state index in [-0.39, 0.29) is 18.4 Å².